The standard InChI is InChI=1S/C10H13N3O4S/c11-7-4-6-2-1-3-17-9(6)8(5-7)18(15,16)13-10(12)14/h4-5H,1-3,11H2,(H3,12,13,14). The number of primary amides is 1. The highest BCUT2D eigenvalue weighted by Gasteiger charge is 2.26. The van der Waals surface area contributed by atoms with Gasteiger partial charge < -0.3 is 16.2 Å². The minimum absolute atomic E-state index is 0.156. The second-order valence-electron chi connectivity index (χ2n) is 3.93. The Balaban J connectivity index is 2.57. The maximum Gasteiger partial charge on any atom is 0.326 e. The van der Waals surface area contributed by atoms with Crippen LogP contribution in [0, 0.1) is 0 Å². The highest BCUT2D eigenvalue weighted by Crippen LogP contribution is 2.34. The lowest BCUT2D eigenvalue weighted by atomic mass is 10.1. The SMILES string of the molecule is NC(=O)NS(=O)(=O)c1cc(N)cc2c1OCCC2. The van der Waals surface area contributed by atoms with Crippen LogP contribution in [-0.4, -0.2) is 21.1 Å². The molecule has 2 rings (SSSR count). The molecule has 0 saturated heterocycles. The van der Waals surface area contributed by atoms with Gasteiger partial charge in [-0.2, -0.15) is 0 Å². The van der Waals surface area contributed by atoms with E-state index in [4.69, 9.17) is 16.2 Å². The normalized spacial score (nSPS) is 14.4. The molecule has 0 radical (unpaired) electrons. The molecule has 1 aromatic carbocycles. The van der Waals surface area contributed by atoms with Crippen LogP contribution in [0.2, 0.25) is 0 Å². The van der Waals surface area contributed by atoms with Crippen LogP contribution in [-0.2, 0) is 16.4 Å². The minimum Gasteiger partial charge on any atom is -0.492 e. The Labute approximate surface area is 104 Å². The number of carbonyl (C=O) groups is 1. The van der Waals surface area contributed by atoms with Crippen molar-refractivity contribution in [1.29, 1.82) is 0 Å². The zero-order valence-electron chi connectivity index (χ0n) is 9.47. The van der Waals surface area contributed by atoms with Gasteiger partial charge in [0.15, 0.2) is 0 Å². The van der Waals surface area contributed by atoms with Crippen LogP contribution in [0.5, 0.6) is 5.75 Å². The van der Waals surface area contributed by atoms with Gasteiger partial charge >= 0.3 is 6.03 Å². The molecule has 2 amide bonds. The first-order valence-corrected chi connectivity index (χ1v) is 6.76. The van der Waals surface area contributed by atoms with Crippen molar-refractivity contribution in [3.63, 3.8) is 0 Å². The molecule has 0 unspecified atom stereocenters. The fourth-order valence-electron chi connectivity index (χ4n) is 1.86. The van der Waals surface area contributed by atoms with Gasteiger partial charge in [0.1, 0.15) is 10.6 Å². The van der Waals surface area contributed by atoms with Gasteiger partial charge in [-0.05, 0) is 30.5 Å². The molecule has 0 aliphatic carbocycles. The third-order valence-corrected chi connectivity index (χ3v) is 3.87. The van der Waals surface area contributed by atoms with Crippen molar-refractivity contribution in [3.05, 3.63) is 17.7 Å². The summed E-state index contributed by atoms with van der Waals surface area (Å²) in [4.78, 5) is 10.5. The molecule has 18 heavy (non-hydrogen) atoms. The molecule has 0 saturated carbocycles. The number of fused-ring (bicyclic) bond motifs is 1. The lowest BCUT2D eigenvalue weighted by Gasteiger charge is -2.20. The number of hydrogen-bond acceptors (Lipinski definition) is 5. The van der Waals surface area contributed by atoms with Gasteiger partial charge in [0.25, 0.3) is 10.0 Å². The van der Waals surface area contributed by atoms with E-state index in [1.54, 1.807) is 10.8 Å². The lowest BCUT2D eigenvalue weighted by molar-refractivity contribution is 0.253. The molecular formula is C10H13N3O4S. The summed E-state index contributed by atoms with van der Waals surface area (Å²) in [5.74, 6) is 0.240. The van der Waals surface area contributed by atoms with Gasteiger partial charge in [-0.3, -0.25) is 0 Å². The zero-order valence-corrected chi connectivity index (χ0v) is 10.3. The summed E-state index contributed by atoms with van der Waals surface area (Å²) in [5, 5.41) is 0. The fraction of sp³-hybridized carbons (Fsp3) is 0.300. The number of sulfonamides is 1. The third-order valence-electron chi connectivity index (χ3n) is 2.52. The number of rotatable bonds is 2. The number of anilines is 1. The van der Waals surface area contributed by atoms with Crippen molar-refractivity contribution in [2.45, 2.75) is 17.7 Å². The van der Waals surface area contributed by atoms with E-state index in [1.807, 2.05) is 0 Å². The molecule has 98 valence electrons. The van der Waals surface area contributed by atoms with E-state index in [0.29, 0.717) is 24.3 Å². The Morgan fingerprint density at radius 3 is 2.78 bits per heavy atom. The van der Waals surface area contributed by atoms with Crippen LogP contribution in [0.25, 0.3) is 0 Å². The van der Waals surface area contributed by atoms with Gasteiger partial charge in [-0.25, -0.2) is 17.9 Å². The molecular weight excluding hydrogens is 258 g/mol. The van der Waals surface area contributed by atoms with Gasteiger partial charge in [0.2, 0.25) is 0 Å². The highest BCUT2D eigenvalue weighted by molar-refractivity contribution is 7.90. The van der Waals surface area contributed by atoms with Crippen molar-refractivity contribution < 1.29 is 17.9 Å². The van der Waals surface area contributed by atoms with Crippen molar-refractivity contribution in [1.82, 2.24) is 4.72 Å². The summed E-state index contributed by atoms with van der Waals surface area (Å²) < 4.78 is 30.9. The summed E-state index contributed by atoms with van der Waals surface area (Å²) in [5.41, 5.74) is 11.5. The monoisotopic (exact) mass is 271 g/mol. The van der Waals surface area contributed by atoms with E-state index in [9.17, 15) is 13.2 Å². The van der Waals surface area contributed by atoms with Crippen LogP contribution in [0.3, 0.4) is 0 Å². The average Bonchev–Trinajstić information content (AvgIpc) is 2.26. The summed E-state index contributed by atoms with van der Waals surface area (Å²) in [6, 6.07) is 1.76. The number of carbonyl (C=O) groups excluding carboxylic acids is 1. The van der Waals surface area contributed by atoms with Gasteiger partial charge in [0.05, 0.1) is 6.61 Å². The molecule has 7 nitrogen and oxygen atoms in total. The maximum absolute atomic E-state index is 11.9. The lowest BCUT2D eigenvalue weighted by Crippen LogP contribution is -2.35. The predicted molar refractivity (Wildman–Crippen MR) is 64.6 cm³/mol. The number of amides is 2. The molecule has 1 aliphatic heterocycles. The summed E-state index contributed by atoms with van der Waals surface area (Å²) >= 11 is 0. The van der Waals surface area contributed by atoms with E-state index in [-0.39, 0.29) is 10.6 Å². The van der Waals surface area contributed by atoms with Gasteiger partial charge in [-0.15, -0.1) is 0 Å². The number of aryl methyl sites for hydroxylation is 1. The van der Waals surface area contributed by atoms with Crippen LogP contribution in [0.1, 0.15) is 12.0 Å². The fourth-order valence-corrected chi connectivity index (χ4v) is 2.96. The first kappa shape index (κ1) is 12.5. The number of nitrogens with two attached hydrogens (primary N) is 2. The molecule has 8 heteroatoms. The maximum atomic E-state index is 11.9. The Bertz CT molecular complexity index is 597. The quantitative estimate of drug-likeness (QED) is 0.650. The van der Waals surface area contributed by atoms with Crippen LogP contribution in [0.15, 0.2) is 17.0 Å². The average molecular weight is 271 g/mol. The van der Waals surface area contributed by atoms with E-state index >= 15 is 0 Å². The van der Waals surface area contributed by atoms with E-state index < -0.39 is 16.1 Å². The Hall–Kier alpha value is -1.96. The Kier molecular flexibility index (Phi) is 3.04. The van der Waals surface area contributed by atoms with Crippen LogP contribution >= 0.6 is 0 Å². The minimum atomic E-state index is -4.05. The number of benzene rings is 1. The third kappa shape index (κ3) is 2.33. The van der Waals surface area contributed by atoms with Crippen LogP contribution in [0.4, 0.5) is 10.5 Å². The van der Waals surface area contributed by atoms with Crippen molar-refractivity contribution >= 4 is 21.7 Å². The predicted octanol–water partition coefficient (Wildman–Crippen LogP) is -0.0492. The Morgan fingerprint density at radius 1 is 1.39 bits per heavy atom. The first-order chi connectivity index (χ1) is 8.40. The van der Waals surface area contributed by atoms with Crippen LogP contribution < -0.4 is 20.9 Å². The molecule has 1 aromatic rings. The van der Waals surface area contributed by atoms with E-state index in [2.05, 4.69) is 0 Å². The summed E-state index contributed by atoms with van der Waals surface area (Å²) in [6.45, 7) is 0.427. The van der Waals surface area contributed by atoms with Crippen molar-refractivity contribution in [2.24, 2.45) is 5.73 Å². The van der Waals surface area contributed by atoms with Crippen molar-refractivity contribution in [3.8, 4) is 5.75 Å². The molecule has 1 heterocycles. The highest BCUT2D eigenvalue weighted by atomic mass is 32.2. The molecule has 0 aromatic heterocycles. The molecule has 0 spiro atoms. The Morgan fingerprint density at radius 2 is 2.11 bits per heavy atom. The summed E-state index contributed by atoms with van der Waals surface area (Å²) in [6.07, 6.45) is 1.47. The summed E-state index contributed by atoms with van der Waals surface area (Å²) in [7, 11) is -4.05. The van der Waals surface area contributed by atoms with E-state index in [1.165, 1.54) is 6.07 Å². The number of ether oxygens (including phenoxy) is 1. The number of hydrogen-bond donors (Lipinski definition) is 3. The van der Waals surface area contributed by atoms with E-state index in [0.717, 1.165) is 6.42 Å². The second-order valence-corrected chi connectivity index (χ2v) is 5.58. The number of urea groups is 1. The zero-order chi connectivity index (χ0) is 13.3. The largest absolute Gasteiger partial charge is 0.492 e. The molecule has 5 N–H and O–H groups in total. The van der Waals surface area contributed by atoms with Gasteiger partial charge in [-0.1, -0.05) is 0 Å². The molecule has 1 aliphatic rings. The first-order valence-electron chi connectivity index (χ1n) is 5.27. The van der Waals surface area contributed by atoms with Gasteiger partial charge in [0, 0.05) is 5.69 Å². The number of nitrogens with one attached hydrogen (secondary N) is 1. The molecule has 0 atom stereocenters. The topological polar surface area (TPSA) is 125 Å². The molecule has 0 fully saturated rings. The number of nitrogen functional groups attached to an aromatic ring is 1. The van der Waals surface area contributed by atoms with Crippen molar-refractivity contribution in [2.75, 3.05) is 12.3 Å². The smallest absolute Gasteiger partial charge is 0.326 e. The second kappa shape index (κ2) is 4.37. The molecule has 0 bridgehead atoms.